The summed E-state index contributed by atoms with van der Waals surface area (Å²) in [6.07, 6.45) is 3.08. The normalized spacial score (nSPS) is 16.1. The number of benzene rings is 1. The fourth-order valence-electron chi connectivity index (χ4n) is 2.27. The smallest absolute Gasteiger partial charge is 0.154 e. The monoisotopic (exact) mass is 260 g/mol. The van der Waals surface area contributed by atoms with Crippen molar-refractivity contribution in [1.82, 2.24) is 0 Å². The van der Waals surface area contributed by atoms with Gasteiger partial charge in [0.05, 0.1) is 0 Å². The van der Waals surface area contributed by atoms with Crippen molar-refractivity contribution in [1.29, 1.82) is 0 Å². The molecular weight excluding hydrogens is 239 g/mol. The third-order valence-corrected chi connectivity index (χ3v) is 3.21. The fourth-order valence-corrected chi connectivity index (χ4v) is 2.27. The van der Waals surface area contributed by atoms with Crippen molar-refractivity contribution in [2.24, 2.45) is 15.9 Å². The summed E-state index contributed by atoms with van der Waals surface area (Å²) in [7, 11) is 0. The van der Waals surface area contributed by atoms with E-state index >= 15 is 0 Å². The highest BCUT2D eigenvalue weighted by Gasteiger charge is 2.11. The molecule has 3 heteroatoms. The van der Waals surface area contributed by atoms with Crippen LogP contribution in [0.3, 0.4) is 0 Å². The maximum atomic E-state index is 13.3. The van der Waals surface area contributed by atoms with Crippen LogP contribution in [0, 0.1) is 18.7 Å². The molecule has 0 atom stereocenters. The van der Waals surface area contributed by atoms with E-state index in [0.717, 1.165) is 37.2 Å². The van der Waals surface area contributed by atoms with Crippen molar-refractivity contribution in [3.05, 3.63) is 35.1 Å². The van der Waals surface area contributed by atoms with E-state index < -0.39 is 0 Å². The first-order valence-corrected chi connectivity index (χ1v) is 6.93. The van der Waals surface area contributed by atoms with Gasteiger partial charge in [0.15, 0.2) is 5.84 Å². The van der Waals surface area contributed by atoms with Gasteiger partial charge in [-0.15, -0.1) is 0 Å². The number of hydrogen-bond acceptors (Lipinski definition) is 2. The van der Waals surface area contributed by atoms with Crippen LogP contribution in [0.25, 0.3) is 0 Å². The molecule has 102 valence electrons. The molecule has 19 heavy (non-hydrogen) atoms. The molecule has 0 unspecified atom stereocenters. The lowest BCUT2D eigenvalue weighted by Crippen LogP contribution is -2.06. The SMILES string of the molecule is Cc1cc(C2=NCCCC(CC(C)C)=N2)ccc1F. The second kappa shape index (κ2) is 6.09. The lowest BCUT2D eigenvalue weighted by Gasteiger charge is -2.08. The Bertz CT molecular complexity index is 515. The molecule has 0 aromatic heterocycles. The largest absolute Gasteiger partial charge is 0.266 e. The molecule has 1 aromatic rings. The maximum Gasteiger partial charge on any atom is 0.154 e. The lowest BCUT2D eigenvalue weighted by molar-refractivity contribution is 0.618. The summed E-state index contributed by atoms with van der Waals surface area (Å²) >= 11 is 0. The van der Waals surface area contributed by atoms with Crippen LogP contribution in [0.5, 0.6) is 0 Å². The highest BCUT2D eigenvalue weighted by molar-refractivity contribution is 6.07. The summed E-state index contributed by atoms with van der Waals surface area (Å²) < 4.78 is 13.3. The van der Waals surface area contributed by atoms with Crippen LogP contribution in [0.15, 0.2) is 28.2 Å². The Morgan fingerprint density at radius 1 is 1.32 bits per heavy atom. The number of halogens is 1. The second-order valence-electron chi connectivity index (χ2n) is 5.55. The molecule has 0 radical (unpaired) electrons. The fraction of sp³-hybridized carbons (Fsp3) is 0.500. The van der Waals surface area contributed by atoms with Gasteiger partial charge in [0.1, 0.15) is 5.82 Å². The van der Waals surface area contributed by atoms with Gasteiger partial charge in [-0.05, 0) is 55.9 Å². The molecule has 0 bridgehead atoms. The Labute approximate surface area is 114 Å². The van der Waals surface area contributed by atoms with Gasteiger partial charge < -0.3 is 0 Å². The Kier molecular flexibility index (Phi) is 4.46. The maximum absolute atomic E-state index is 13.3. The van der Waals surface area contributed by atoms with Crippen LogP contribution in [0.4, 0.5) is 4.39 Å². The third-order valence-electron chi connectivity index (χ3n) is 3.21. The highest BCUT2D eigenvalue weighted by Crippen LogP contribution is 2.16. The van der Waals surface area contributed by atoms with Crippen molar-refractivity contribution in [2.75, 3.05) is 6.54 Å². The van der Waals surface area contributed by atoms with E-state index in [2.05, 4.69) is 18.8 Å². The minimum atomic E-state index is -0.177. The number of aryl methyl sites for hydroxylation is 1. The van der Waals surface area contributed by atoms with Crippen molar-refractivity contribution >= 4 is 11.5 Å². The van der Waals surface area contributed by atoms with E-state index in [-0.39, 0.29) is 5.82 Å². The summed E-state index contributed by atoms with van der Waals surface area (Å²) in [5.74, 6) is 1.19. The van der Waals surface area contributed by atoms with Gasteiger partial charge in [0, 0.05) is 17.8 Å². The molecule has 0 fully saturated rings. The van der Waals surface area contributed by atoms with E-state index in [1.165, 1.54) is 11.8 Å². The minimum absolute atomic E-state index is 0.177. The molecular formula is C16H21FN2. The van der Waals surface area contributed by atoms with Gasteiger partial charge in [-0.3, -0.25) is 4.99 Å². The van der Waals surface area contributed by atoms with Crippen molar-refractivity contribution in [3.8, 4) is 0 Å². The van der Waals surface area contributed by atoms with Gasteiger partial charge in [-0.2, -0.15) is 0 Å². The Morgan fingerprint density at radius 2 is 2.11 bits per heavy atom. The molecule has 2 nitrogen and oxygen atoms in total. The van der Waals surface area contributed by atoms with Crippen molar-refractivity contribution < 1.29 is 4.39 Å². The van der Waals surface area contributed by atoms with Crippen LogP contribution in [0.1, 0.15) is 44.2 Å². The van der Waals surface area contributed by atoms with Crippen molar-refractivity contribution in [2.45, 2.75) is 40.0 Å². The molecule has 1 heterocycles. The van der Waals surface area contributed by atoms with Crippen LogP contribution >= 0.6 is 0 Å². The zero-order valence-corrected chi connectivity index (χ0v) is 11.9. The topological polar surface area (TPSA) is 24.7 Å². The van der Waals surface area contributed by atoms with E-state index in [1.54, 1.807) is 13.0 Å². The lowest BCUT2D eigenvalue weighted by atomic mass is 10.0. The van der Waals surface area contributed by atoms with Gasteiger partial charge in [-0.25, -0.2) is 9.38 Å². The van der Waals surface area contributed by atoms with Crippen LogP contribution in [-0.4, -0.2) is 18.1 Å². The standard InChI is InChI=1S/C16H21FN2/c1-11(2)9-14-5-4-8-18-16(19-14)13-6-7-15(17)12(3)10-13/h6-7,10-11H,4-5,8-9H2,1-3H3. The van der Waals surface area contributed by atoms with E-state index in [1.807, 2.05) is 6.07 Å². The molecule has 1 aromatic carbocycles. The first-order chi connectivity index (χ1) is 9.06. The quantitative estimate of drug-likeness (QED) is 0.779. The molecule has 0 saturated carbocycles. The molecule has 2 rings (SSSR count). The molecule has 0 saturated heterocycles. The van der Waals surface area contributed by atoms with Gasteiger partial charge in [0.25, 0.3) is 0 Å². The first-order valence-electron chi connectivity index (χ1n) is 6.93. The molecule has 1 aliphatic rings. The number of hydrogen-bond donors (Lipinski definition) is 0. The summed E-state index contributed by atoms with van der Waals surface area (Å²) in [6.45, 7) is 6.98. The number of rotatable bonds is 3. The number of amidine groups is 1. The average molecular weight is 260 g/mol. The van der Waals surface area contributed by atoms with Gasteiger partial charge in [0.2, 0.25) is 0 Å². The van der Waals surface area contributed by atoms with Crippen LogP contribution < -0.4 is 0 Å². The molecule has 0 spiro atoms. The van der Waals surface area contributed by atoms with E-state index in [4.69, 9.17) is 4.99 Å². The first kappa shape index (κ1) is 13.9. The Hall–Kier alpha value is -1.51. The zero-order valence-electron chi connectivity index (χ0n) is 11.9. The van der Waals surface area contributed by atoms with Crippen LogP contribution in [0.2, 0.25) is 0 Å². The third kappa shape index (κ3) is 3.72. The minimum Gasteiger partial charge on any atom is -0.266 e. The summed E-state index contributed by atoms with van der Waals surface area (Å²) in [5, 5.41) is 0. The Morgan fingerprint density at radius 3 is 2.79 bits per heavy atom. The van der Waals surface area contributed by atoms with E-state index in [9.17, 15) is 4.39 Å². The summed E-state index contributed by atoms with van der Waals surface area (Å²) in [5.41, 5.74) is 2.78. The molecule has 1 aliphatic heterocycles. The molecule has 0 amide bonds. The second-order valence-corrected chi connectivity index (χ2v) is 5.55. The highest BCUT2D eigenvalue weighted by atomic mass is 19.1. The predicted octanol–water partition coefficient (Wildman–Crippen LogP) is 4.16. The Balaban J connectivity index is 2.30. The molecule has 0 N–H and O–H groups in total. The number of aliphatic imine (C=N–C) groups is 2. The van der Waals surface area contributed by atoms with Crippen molar-refractivity contribution in [3.63, 3.8) is 0 Å². The summed E-state index contributed by atoms with van der Waals surface area (Å²) in [4.78, 5) is 9.23. The van der Waals surface area contributed by atoms with Gasteiger partial charge in [-0.1, -0.05) is 13.8 Å². The number of nitrogens with zero attached hydrogens (tertiary/aromatic N) is 2. The average Bonchev–Trinajstić information content (AvgIpc) is 2.57. The molecule has 0 aliphatic carbocycles. The van der Waals surface area contributed by atoms with Gasteiger partial charge >= 0.3 is 0 Å². The zero-order chi connectivity index (χ0) is 13.8. The predicted molar refractivity (Wildman–Crippen MR) is 78.7 cm³/mol. The van der Waals surface area contributed by atoms with E-state index in [0.29, 0.717) is 11.5 Å². The summed E-state index contributed by atoms with van der Waals surface area (Å²) in [6, 6.07) is 5.09. The van der Waals surface area contributed by atoms with Crippen LogP contribution in [-0.2, 0) is 0 Å².